The lowest BCUT2D eigenvalue weighted by molar-refractivity contribution is -0.114. The maximum Gasteiger partial charge on any atom is 0.335 e. The van der Waals surface area contributed by atoms with Crippen LogP contribution in [0.2, 0.25) is 5.02 Å². The number of carboxylic acid groups (broad SMARTS) is 1. The van der Waals surface area contributed by atoms with Crippen LogP contribution in [-0.4, -0.2) is 17.0 Å². The molecule has 0 aliphatic carbocycles. The van der Waals surface area contributed by atoms with Crippen molar-refractivity contribution in [3.63, 3.8) is 0 Å². The van der Waals surface area contributed by atoms with Gasteiger partial charge in [0.1, 0.15) is 0 Å². The minimum Gasteiger partial charge on any atom is -0.478 e. The van der Waals surface area contributed by atoms with Crippen LogP contribution in [-0.2, 0) is 4.79 Å². The summed E-state index contributed by atoms with van der Waals surface area (Å²) >= 11 is 5.46. The second kappa shape index (κ2) is 4.27. The maximum atomic E-state index is 13.3. The van der Waals surface area contributed by atoms with Gasteiger partial charge in [-0.2, -0.15) is 0 Å². The fourth-order valence-electron chi connectivity index (χ4n) is 0.993. The molecule has 0 atom stereocenters. The molecule has 1 aromatic carbocycles. The number of hydrogen-bond acceptors (Lipinski definition) is 2. The Hall–Kier alpha value is -1.62. The Labute approximate surface area is 89.7 Å². The lowest BCUT2D eigenvalue weighted by atomic mass is 10.2. The molecule has 2 N–H and O–H groups in total. The third-order valence-electron chi connectivity index (χ3n) is 1.59. The van der Waals surface area contributed by atoms with Gasteiger partial charge in [-0.05, 0) is 12.1 Å². The first-order chi connectivity index (χ1) is 6.91. The van der Waals surface area contributed by atoms with E-state index >= 15 is 0 Å². The number of carbonyl (C=O) groups excluding carboxylic acids is 1. The van der Waals surface area contributed by atoms with Crippen molar-refractivity contribution in [3.8, 4) is 0 Å². The summed E-state index contributed by atoms with van der Waals surface area (Å²) in [5.41, 5.74) is -0.433. The highest BCUT2D eigenvalue weighted by Gasteiger charge is 2.13. The second-order valence-corrected chi connectivity index (χ2v) is 3.21. The van der Waals surface area contributed by atoms with E-state index in [9.17, 15) is 14.0 Å². The molecule has 15 heavy (non-hydrogen) atoms. The minimum atomic E-state index is -1.25. The number of amides is 1. The number of carbonyl (C=O) groups is 2. The molecular weight excluding hydrogens is 225 g/mol. The Kier molecular flexibility index (Phi) is 3.26. The molecule has 6 heteroatoms. The number of aromatic carboxylic acids is 1. The molecule has 80 valence electrons. The molecule has 1 aromatic rings. The van der Waals surface area contributed by atoms with Crippen molar-refractivity contribution in [1.82, 2.24) is 0 Å². The zero-order valence-electron chi connectivity index (χ0n) is 7.67. The Bertz CT molecular complexity index is 434. The predicted octanol–water partition coefficient (Wildman–Crippen LogP) is 2.14. The van der Waals surface area contributed by atoms with E-state index in [4.69, 9.17) is 16.7 Å². The highest BCUT2D eigenvalue weighted by molar-refractivity contribution is 6.31. The van der Waals surface area contributed by atoms with Gasteiger partial charge in [0.25, 0.3) is 0 Å². The van der Waals surface area contributed by atoms with E-state index < -0.39 is 17.7 Å². The largest absolute Gasteiger partial charge is 0.478 e. The Morgan fingerprint density at radius 1 is 1.47 bits per heavy atom. The summed E-state index contributed by atoms with van der Waals surface area (Å²) in [6.45, 7) is 1.18. The van der Waals surface area contributed by atoms with Gasteiger partial charge < -0.3 is 10.4 Å². The summed E-state index contributed by atoms with van der Waals surface area (Å²) in [6.07, 6.45) is 0. The Morgan fingerprint density at radius 2 is 2.07 bits per heavy atom. The van der Waals surface area contributed by atoms with Gasteiger partial charge >= 0.3 is 5.97 Å². The highest BCUT2D eigenvalue weighted by atomic mass is 35.5. The molecule has 4 nitrogen and oxygen atoms in total. The van der Waals surface area contributed by atoms with Crippen LogP contribution in [0.3, 0.4) is 0 Å². The number of carboxylic acids is 1. The van der Waals surface area contributed by atoms with Gasteiger partial charge in [0, 0.05) is 6.92 Å². The first-order valence-corrected chi connectivity index (χ1v) is 4.29. The lowest BCUT2D eigenvalue weighted by Crippen LogP contribution is -2.09. The third kappa shape index (κ3) is 2.66. The van der Waals surface area contributed by atoms with Gasteiger partial charge in [-0.1, -0.05) is 11.6 Å². The number of hydrogen-bond donors (Lipinski definition) is 2. The van der Waals surface area contributed by atoms with E-state index in [1.54, 1.807) is 0 Å². The van der Waals surface area contributed by atoms with Gasteiger partial charge in [-0.15, -0.1) is 0 Å². The van der Waals surface area contributed by atoms with E-state index in [0.717, 1.165) is 12.1 Å². The van der Waals surface area contributed by atoms with Crippen LogP contribution < -0.4 is 5.32 Å². The van der Waals surface area contributed by atoms with Crippen molar-refractivity contribution in [1.29, 1.82) is 0 Å². The molecular formula is C9H7ClFNO3. The molecule has 1 amide bonds. The molecule has 0 radical (unpaired) electrons. The van der Waals surface area contributed by atoms with Crippen molar-refractivity contribution in [2.75, 3.05) is 5.32 Å². The third-order valence-corrected chi connectivity index (χ3v) is 1.86. The fraction of sp³-hybridized carbons (Fsp3) is 0.111. The van der Waals surface area contributed by atoms with Gasteiger partial charge in [0.2, 0.25) is 5.91 Å². The monoisotopic (exact) mass is 231 g/mol. The van der Waals surface area contributed by atoms with Crippen molar-refractivity contribution in [3.05, 3.63) is 28.5 Å². The van der Waals surface area contributed by atoms with Crippen LogP contribution >= 0.6 is 11.6 Å². The van der Waals surface area contributed by atoms with Gasteiger partial charge in [-0.3, -0.25) is 4.79 Å². The maximum absolute atomic E-state index is 13.3. The van der Waals surface area contributed by atoms with Gasteiger partial charge in [-0.25, -0.2) is 9.18 Å². The molecule has 0 aliphatic rings. The molecule has 0 spiro atoms. The fourth-order valence-corrected chi connectivity index (χ4v) is 1.21. The molecule has 0 aromatic heterocycles. The van der Waals surface area contributed by atoms with Gasteiger partial charge in [0.05, 0.1) is 16.3 Å². The zero-order chi connectivity index (χ0) is 11.6. The summed E-state index contributed by atoms with van der Waals surface area (Å²) in [5, 5.41) is 10.5. The molecule has 0 heterocycles. The number of benzene rings is 1. The van der Waals surface area contributed by atoms with E-state index in [-0.39, 0.29) is 16.3 Å². The highest BCUT2D eigenvalue weighted by Crippen LogP contribution is 2.24. The van der Waals surface area contributed by atoms with Crippen molar-refractivity contribution in [2.24, 2.45) is 0 Å². The van der Waals surface area contributed by atoms with Gasteiger partial charge in [0.15, 0.2) is 5.82 Å². The van der Waals surface area contributed by atoms with Crippen LogP contribution in [0.15, 0.2) is 12.1 Å². The van der Waals surface area contributed by atoms with Crippen molar-refractivity contribution in [2.45, 2.75) is 6.92 Å². The topological polar surface area (TPSA) is 66.4 Å². The normalized spacial score (nSPS) is 9.80. The van der Waals surface area contributed by atoms with Crippen LogP contribution in [0.4, 0.5) is 10.1 Å². The quantitative estimate of drug-likeness (QED) is 0.820. The lowest BCUT2D eigenvalue weighted by Gasteiger charge is -2.06. The summed E-state index contributed by atoms with van der Waals surface area (Å²) in [5.74, 6) is -2.60. The Balaban J connectivity index is 3.24. The van der Waals surface area contributed by atoms with Crippen LogP contribution in [0.5, 0.6) is 0 Å². The van der Waals surface area contributed by atoms with E-state index in [1.165, 1.54) is 6.92 Å². The standard InChI is InChI=1S/C9H7ClFNO3/c1-4(13)12-7-3-5(9(14)15)2-6(10)8(7)11/h2-3H,1H3,(H,12,13)(H,14,15). The molecule has 0 saturated carbocycles. The minimum absolute atomic E-state index is 0.190. The molecule has 0 unspecified atom stereocenters. The molecule has 0 bridgehead atoms. The van der Waals surface area contributed by atoms with E-state index in [2.05, 4.69) is 5.32 Å². The summed E-state index contributed by atoms with van der Waals surface area (Å²) in [7, 11) is 0. The number of nitrogens with one attached hydrogen (secondary N) is 1. The first-order valence-electron chi connectivity index (χ1n) is 3.91. The molecule has 0 saturated heterocycles. The molecule has 0 fully saturated rings. The zero-order valence-corrected chi connectivity index (χ0v) is 8.43. The summed E-state index contributed by atoms with van der Waals surface area (Å²) < 4.78 is 13.3. The average Bonchev–Trinajstić information content (AvgIpc) is 2.11. The molecule has 0 aliphatic heterocycles. The smallest absolute Gasteiger partial charge is 0.335 e. The van der Waals surface area contributed by atoms with Crippen LogP contribution in [0.25, 0.3) is 0 Å². The number of anilines is 1. The SMILES string of the molecule is CC(=O)Nc1cc(C(=O)O)cc(Cl)c1F. The second-order valence-electron chi connectivity index (χ2n) is 2.81. The predicted molar refractivity (Wildman–Crippen MR) is 52.7 cm³/mol. The van der Waals surface area contributed by atoms with Crippen molar-refractivity contribution >= 4 is 29.2 Å². The van der Waals surface area contributed by atoms with Crippen LogP contribution in [0.1, 0.15) is 17.3 Å². The number of halogens is 2. The summed E-state index contributed by atoms with van der Waals surface area (Å²) in [4.78, 5) is 21.3. The first kappa shape index (κ1) is 11.5. The van der Waals surface area contributed by atoms with Crippen molar-refractivity contribution < 1.29 is 19.1 Å². The van der Waals surface area contributed by atoms with Crippen LogP contribution in [0, 0.1) is 5.82 Å². The summed E-state index contributed by atoms with van der Waals surface area (Å²) in [6, 6.07) is 1.98. The Morgan fingerprint density at radius 3 is 2.53 bits per heavy atom. The average molecular weight is 232 g/mol. The van der Waals surface area contributed by atoms with E-state index in [0.29, 0.717) is 0 Å². The van der Waals surface area contributed by atoms with E-state index in [1.807, 2.05) is 0 Å². The number of rotatable bonds is 2. The molecule has 1 rings (SSSR count).